The molecule has 2 N–H and O–H groups in total. The lowest BCUT2D eigenvalue weighted by atomic mass is 10.1. The minimum Gasteiger partial charge on any atom is -0.350 e. The van der Waals surface area contributed by atoms with E-state index in [9.17, 15) is 13.2 Å². The van der Waals surface area contributed by atoms with Crippen LogP contribution >= 0.6 is 11.6 Å². The number of halogens is 4. The first-order valence-electron chi connectivity index (χ1n) is 7.21. The SMILES string of the molecule is Cc1cnc(NC(C)(C)C)nc1Nc1ccc(Cl)c(C(F)(F)F)c1. The molecule has 2 rings (SSSR count). The zero-order chi connectivity index (χ0) is 18.1. The van der Waals surface area contributed by atoms with Crippen molar-refractivity contribution < 1.29 is 13.2 Å². The molecule has 1 aromatic carbocycles. The van der Waals surface area contributed by atoms with E-state index in [4.69, 9.17) is 11.6 Å². The third-order valence-corrected chi connectivity index (χ3v) is 3.32. The van der Waals surface area contributed by atoms with E-state index in [1.807, 2.05) is 20.8 Å². The zero-order valence-electron chi connectivity index (χ0n) is 13.7. The summed E-state index contributed by atoms with van der Waals surface area (Å²) in [5.74, 6) is 0.813. The highest BCUT2D eigenvalue weighted by molar-refractivity contribution is 6.31. The number of aryl methyl sites for hydroxylation is 1. The third kappa shape index (κ3) is 4.74. The highest BCUT2D eigenvalue weighted by Crippen LogP contribution is 2.36. The van der Waals surface area contributed by atoms with Gasteiger partial charge in [-0.2, -0.15) is 18.2 Å². The van der Waals surface area contributed by atoms with Gasteiger partial charge in [-0.15, -0.1) is 0 Å². The highest BCUT2D eigenvalue weighted by atomic mass is 35.5. The quantitative estimate of drug-likeness (QED) is 0.770. The normalized spacial score (nSPS) is 12.2. The van der Waals surface area contributed by atoms with Gasteiger partial charge in [0.25, 0.3) is 0 Å². The van der Waals surface area contributed by atoms with Gasteiger partial charge in [0.2, 0.25) is 5.95 Å². The molecule has 0 saturated heterocycles. The van der Waals surface area contributed by atoms with Crippen LogP contribution in [0.3, 0.4) is 0 Å². The van der Waals surface area contributed by atoms with Crippen molar-refractivity contribution in [1.29, 1.82) is 0 Å². The van der Waals surface area contributed by atoms with Gasteiger partial charge in [-0.3, -0.25) is 0 Å². The Balaban J connectivity index is 2.33. The molecule has 0 radical (unpaired) electrons. The van der Waals surface area contributed by atoms with Gasteiger partial charge in [-0.05, 0) is 45.9 Å². The predicted octanol–water partition coefficient (Wildman–Crippen LogP) is 5.41. The Kier molecular flexibility index (Phi) is 4.94. The van der Waals surface area contributed by atoms with Crippen LogP contribution in [0.5, 0.6) is 0 Å². The maximum atomic E-state index is 12.9. The predicted molar refractivity (Wildman–Crippen MR) is 89.9 cm³/mol. The molecule has 1 heterocycles. The van der Waals surface area contributed by atoms with E-state index < -0.39 is 11.7 Å². The van der Waals surface area contributed by atoms with Crippen molar-refractivity contribution in [1.82, 2.24) is 9.97 Å². The molecule has 0 aliphatic rings. The Labute approximate surface area is 143 Å². The van der Waals surface area contributed by atoms with Crippen LogP contribution in [-0.2, 0) is 6.18 Å². The average Bonchev–Trinajstić information content (AvgIpc) is 2.42. The van der Waals surface area contributed by atoms with Crippen molar-refractivity contribution in [2.75, 3.05) is 10.6 Å². The number of hydrogen-bond donors (Lipinski definition) is 2. The maximum Gasteiger partial charge on any atom is 0.417 e. The molecule has 0 unspecified atom stereocenters. The molecule has 2 aromatic rings. The number of alkyl halides is 3. The number of benzene rings is 1. The van der Waals surface area contributed by atoms with E-state index in [1.54, 1.807) is 13.1 Å². The van der Waals surface area contributed by atoms with Crippen LogP contribution < -0.4 is 10.6 Å². The summed E-state index contributed by atoms with van der Waals surface area (Å²) in [6.45, 7) is 7.64. The molecular formula is C16H18ClF3N4. The molecular weight excluding hydrogens is 341 g/mol. The van der Waals surface area contributed by atoms with E-state index >= 15 is 0 Å². The van der Waals surface area contributed by atoms with Gasteiger partial charge in [-0.25, -0.2) is 4.98 Å². The Morgan fingerprint density at radius 2 is 1.79 bits per heavy atom. The molecule has 130 valence electrons. The van der Waals surface area contributed by atoms with Crippen LogP contribution in [0.15, 0.2) is 24.4 Å². The first-order valence-corrected chi connectivity index (χ1v) is 7.59. The molecule has 0 aliphatic heterocycles. The van der Waals surface area contributed by atoms with Gasteiger partial charge < -0.3 is 10.6 Å². The standard InChI is InChI=1S/C16H18ClF3N4/c1-9-8-21-14(24-15(2,3)4)23-13(9)22-10-5-6-12(17)11(7-10)16(18,19)20/h5-8H,1-4H3,(H2,21,22,23,24). The van der Waals surface area contributed by atoms with E-state index in [0.29, 0.717) is 17.3 Å². The fraction of sp³-hybridized carbons (Fsp3) is 0.375. The lowest BCUT2D eigenvalue weighted by Gasteiger charge is -2.21. The summed E-state index contributed by atoms with van der Waals surface area (Å²) in [6, 6.07) is 3.63. The van der Waals surface area contributed by atoms with Crippen molar-refractivity contribution in [3.63, 3.8) is 0 Å². The second-order valence-electron chi connectivity index (χ2n) is 6.42. The second kappa shape index (κ2) is 6.47. The Morgan fingerprint density at radius 1 is 1.12 bits per heavy atom. The van der Waals surface area contributed by atoms with Crippen molar-refractivity contribution in [2.24, 2.45) is 0 Å². The smallest absolute Gasteiger partial charge is 0.350 e. The van der Waals surface area contributed by atoms with Gasteiger partial charge in [0.15, 0.2) is 0 Å². The molecule has 0 aliphatic carbocycles. The molecule has 0 fully saturated rings. The summed E-state index contributed by atoms with van der Waals surface area (Å²) in [6.07, 6.45) is -2.92. The summed E-state index contributed by atoms with van der Waals surface area (Å²) < 4.78 is 38.8. The summed E-state index contributed by atoms with van der Waals surface area (Å²) >= 11 is 5.63. The van der Waals surface area contributed by atoms with Crippen LogP contribution in [-0.4, -0.2) is 15.5 Å². The molecule has 8 heteroatoms. The average molecular weight is 359 g/mol. The van der Waals surface area contributed by atoms with Crippen molar-refractivity contribution in [3.8, 4) is 0 Å². The zero-order valence-corrected chi connectivity index (χ0v) is 14.5. The number of aromatic nitrogens is 2. The molecule has 4 nitrogen and oxygen atoms in total. The van der Waals surface area contributed by atoms with E-state index in [2.05, 4.69) is 20.6 Å². The first kappa shape index (κ1) is 18.3. The topological polar surface area (TPSA) is 49.8 Å². The Morgan fingerprint density at radius 3 is 2.38 bits per heavy atom. The van der Waals surface area contributed by atoms with Gasteiger partial charge in [0.1, 0.15) is 5.82 Å². The van der Waals surface area contributed by atoms with Crippen LogP contribution in [0.4, 0.5) is 30.6 Å². The molecule has 0 spiro atoms. The van der Waals surface area contributed by atoms with Crippen LogP contribution in [0.2, 0.25) is 5.02 Å². The lowest BCUT2D eigenvalue weighted by Crippen LogP contribution is -2.27. The Bertz CT molecular complexity index is 739. The molecule has 24 heavy (non-hydrogen) atoms. The molecule has 0 amide bonds. The number of rotatable bonds is 3. The van der Waals surface area contributed by atoms with E-state index in [0.717, 1.165) is 6.07 Å². The third-order valence-electron chi connectivity index (χ3n) is 2.99. The summed E-state index contributed by atoms with van der Waals surface area (Å²) in [5, 5.41) is 5.66. The Hall–Kier alpha value is -2.02. The summed E-state index contributed by atoms with van der Waals surface area (Å²) in [7, 11) is 0. The van der Waals surface area contributed by atoms with Gasteiger partial charge in [0.05, 0.1) is 10.6 Å². The van der Waals surface area contributed by atoms with Gasteiger partial charge in [-0.1, -0.05) is 11.6 Å². The molecule has 0 saturated carbocycles. The minimum atomic E-state index is -4.52. The molecule has 0 atom stereocenters. The summed E-state index contributed by atoms with van der Waals surface area (Å²) in [5.41, 5.74) is -0.182. The first-order chi connectivity index (χ1) is 11.0. The van der Waals surface area contributed by atoms with Gasteiger partial charge in [0, 0.05) is 23.0 Å². The van der Waals surface area contributed by atoms with Crippen molar-refractivity contribution >= 4 is 29.1 Å². The van der Waals surface area contributed by atoms with E-state index in [1.165, 1.54) is 12.1 Å². The minimum absolute atomic E-state index is 0.240. The summed E-state index contributed by atoms with van der Waals surface area (Å²) in [4.78, 5) is 8.49. The number of hydrogen-bond acceptors (Lipinski definition) is 4. The van der Waals surface area contributed by atoms with Crippen molar-refractivity contribution in [2.45, 2.75) is 39.4 Å². The number of anilines is 3. The monoisotopic (exact) mass is 358 g/mol. The highest BCUT2D eigenvalue weighted by Gasteiger charge is 2.33. The lowest BCUT2D eigenvalue weighted by molar-refractivity contribution is -0.137. The van der Waals surface area contributed by atoms with Crippen molar-refractivity contribution in [3.05, 3.63) is 40.5 Å². The number of nitrogens with zero attached hydrogens (tertiary/aromatic N) is 2. The van der Waals surface area contributed by atoms with Crippen LogP contribution in [0.1, 0.15) is 31.9 Å². The second-order valence-corrected chi connectivity index (χ2v) is 6.82. The number of nitrogens with one attached hydrogen (secondary N) is 2. The molecule has 1 aromatic heterocycles. The fourth-order valence-corrected chi connectivity index (χ4v) is 2.15. The van der Waals surface area contributed by atoms with Crippen LogP contribution in [0, 0.1) is 6.92 Å². The molecule has 0 bridgehead atoms. The largest absolute Gasteiger partial charge is 0.417 e. The van der Waals surface area contributed by atoms with Gasteiger partial charge >= 0.3 is 6.18 Å². The van der Waals surface area contributed by atoms with E-state index in [-0.39, 0.29) is 16.2 Å². The van der Waals surface area contributed by atoms with Crippen LogP contribution in [0.25, 0.3) is 0 Å². The fourth-order valence-electron chi connectivity index (χ4n) is 1.92. The maximum absolute atomic E-state index is 12.9.